The molecule has 0 spiro atoms. The van der Waals surface area contributed by atoms with E-state index >= 15 is 0 Å². The molecule has 1 nitrogen and oxygen atoms in total. The summed E-state index contributed by atoms with van der Waals surface area (Å²) in [6, 6.07) is 0.768. The highest BCUT2D eigenvalue weighted by atomic mass is 14.9. The summed E-state index contributed by atoms with van der Waals surface area (Å²) in [6.45, 7) is 12.2. The van der Waals surface area contributed by atoms with Crippen molar-refractivity contribution in [2.75, 3.05) is 6.54 Å². The molecule has 80 valence electrons. The highest BCUT2D eigenvalue weighted by Crippen LogP contribution is 2.24. The molecule has 1 fully saturated rings. The Bertz CT molecular complexity index is 112. The average Bonchev–Trinajstić information content (AvgIpc) is 2.55. The summed E-state index contributed by atoms with van der Waals surface area (Å²) < 4.78 is 0. The maximum atomic E-state index is 3.50. The van der Waals surface area contributed by atoms with E-state index in [1.807, 2.05) is 13.8 Å². The lowest BCUT2D eigenvalue weighted by Crippen LogP contribution is -2.23. The molecule has 0 bridgehead atoms. The van der Waals surface area contributed by atoms with Crippen molar-refractivity contribution in [1.29, 1.82) is 0 Å². The monoisotopic (exact) mass is 185 g/mol. The maximum absolute atomic E-state index is 3.50. The van der Waals surface area contributed by atoms with Crippen LogP contribution in [0.3, 0.4) is 0 Å². The first-order chi connectivity index (χ1) is 6.24. The normalized spacial score (nSPS) is 29.3. The van der Waals surface area contributed by atoms with Gasteiger partial charge in [0.1, 0.15) is 0 Å². The van der Waals surface area contributed by atoms with Crippen molar-refractivity contribution in [3.05, 3.63) is 0 Å². The van der Waals surface area contributed by atoms with Crippen LogP contribution in [-0.2, 0) is 0 Å². The van der Waals surface area contributed by atoms with Crippen LogP contribution >= 0.6 is 0 Å². The second-order valence-corrected chi connectivity index (χ2v) is 4.04. The third kappa shape index (κ3) is 4.66. The number of nitrogens with one attached hydrogen (secondary N) is 1. The van der Waals surface area contributed by atoms with Gasteiger partial charge in [0, 0.05) is 6.04 Å². The van der Waals surface area contributed by atoms with Crippen LogP contribution in [0.2, 0.25) is 0 Å². The first-order valence-electron chi connectivity index (χ1n) is 5.97. The van der Waals surface area contributed by atoms with Gasteiger partial charge in [-0.15, -0.1) is 0 Å². The molecule has 1 N–H and O–H groups in total. The van der Waals surface area contributed by atoms with E-state index in [-0.39, 0.29) is 0 Å². The number of hydrogen-bond donors (Lipinski definition) is 1. The Morgan fingerprint density at radius 1 is 1.38 bits per heavy atom. The number of rotatable bonds is 3. The van der Waals surface area contributed by atoms with Crippen LogP contribution in [0, 0.1) is 11.8 Å². The summed E-state index contributed by atoms with van der Waals surface area (Å²) in [5.41, 5.74) is 0. The summed E-state index contributed by atoms with van der Waals surface area (Å²) >= 11 is 0. The Morgan fingerprint density at radius 2 is 2.00 bits per heavy atom. The predicted molar refractivity (Wildman–Crippen MR) is 61.0 cm³/mol. The van der Waals surface area contributed by atoms with Crippen molar-refractivity contribution >= 4 is 0 Å². The van der Waals surface area contributed by atoms with Gasteiger partial charge in [-0.05, 0) is 38.1 Å². The van der Waals surface area contributed by atoms with Crippen LogP contribution in [0.1, 0.15) is 53.9 Å². The van der Waals surface area contributed by atoms with Crippen molar-refractivity contribution in [3.63, 3.8) is 0 Å². The molecule has 3 unspecified atom stereocenters. The van der Waals surface area contributed by atoms with Crippen LogP contribution in [0.5, 0.6) is 0 Å². The minimum Gasteiger partial charge on any atom is -0.314 e. The van der Waals surface area contributed by atoms with E-state index < -0.39 is 0 Å². The molecule has 0 saturated carbocycles. The second-order valence-electron chi connectivity index (χ2n) is 4.04. The lowest BCUT2D eigenvalue weighted by atomic mass is 9.89. The van der Waals surface area contributed by atoms with Crippen LogP contribution < -0.4 is 5.32 Å². The lowest BCUT2D eigenvalue weighted by Gasteiger charge is -2.18. The first kappa shape index (κ1) is 13.0. The smallest absolute Gasteiger partial charge is 0.00675 e. The van der Waals surface area contributed by atoms with Crippen molar-refractivity contribution in [2.24, 2.45) is 11.8 Å². The van der Waals surface area contributed by atoms with E-state index in [4.69, 9.17) is 0 Å². The van der Waals surface area contributed by atoms with Gasteiger partial charge in [0.05, 0.1) is 0 Å². The Balaban J connectivity index is 0.000000671. The van der Waals surface area contributed by atoms with Crippen molar-refractivity contribution in [1.82, 2.24) is 5.32 Å². The fourth-order valence-electron chi connectivity index (χ4n) is 1.92. The summed E-state index contributed by atoms with van der Waals surface area (Å²) in [4.78, 5) is 0. The summed E-state index contributed by atoms with van der Waals surface area (Å²) in [7, 11) is 0. The first-order valence-corrected chi connectivity index (χ1v) is 5.97. The minimum atomic E-state index is 0.768. The van der Waals surface area contributed by atoms with Crippen LogP contribution in [0.4, 0.5) is 0 Å². The van der Waals surface area contributed by atoms with Gasteiger partial charge in [-0.2, -0.15) is 0 Å². The Labute approximate surface area is 84.3 Å². The van der Waals surface area contributed by atoms with E-state index in [0.29, 0.717) is 0 Å². The SMILES string of the molecule is CC.CCC(C)CC1CCNC1C. The van der Waals surface area contributed by atoms with Gasteiger partial charge in [-0.1, -0.05) is 34.1 Å². The van der Waals surface area contributed by atoms with Gasteiger partial charge < -0.3 is 5.32 Å². The average molecular weight is 185 g/mol. The molecule has 1 aliphatic heterocycles. The zero-order valence-corrected chi connectivity index (χ0v) is 10.1. The van der Waals surface area contributed by atoms with Gasteiger partial charge in [0.25, 0.3) is 0 Å². The molecule has 1 saturated heterocycles. The standard InChI is InChI=1S/C10H21N.C2H6/c1-4-8(2)7-10-5-6-11-9(10)3;1-2/h8-11H,4-7H2,1-3H3;1-2H3. The van der Waals surface area contributed by atoms with Gasteiger partial charge in [0.15, 0.2) is 0 Å². The van der Waals surface area contributed by atoms with Gasteiger partial charge in [0.2, 0.25) is 0 Å². The summed E-state index contributed by atoms with van der Waals surface area (Å²) in [6.07, 6.45) is 4.15. The quantitative estimate of drug-likeness (QED) is 0.710. The van der Waals surface area contributed by atoms with Gasteiger partial charge in [-0.3, -0.25) is 0 Å². The predicted octanol–water partition coefficient (Wildman–Crippen LogP) is 3.45. The second kappa shape index (κ2) is 7.37. The third-order valence-electron chi connectivity index (χ3n) is 3.09. The minimum absolute atomic E-state index is 0.768. The van der Waals surface area contributed by atoms with Crippen LogP contribution in [0.25, 0.3) is 0 Å². The molecule has 1 heterocycles. The molecule has 0 radical (unpaired) electrons. The topological polar surface area (TPSA) is 12.0 Å². The lowest BCUT2D eigenvalue weighted by molar-refractivity contribution is 0.360. The maximum Gasteiger partial charge on any atom is 0.00675 e. The third-order valence-corrected chi connectivity index (χ3v) is 3.09. The highest BCUT2D eigenvalue weighted by Gasteiger charge is 2.23. The van der Waals surface area contributed by atoms with Crippen molar-refractivity contribution < 1.29 is 0 Å². The van der Waals surface area contributed by atoms with Crippen LogP contribution in [-0.4, -0.2) is 12.6 Å². The zero-order chi connectivity index (χ0) is 10.3. The summed E-state index contributed by atoms with van der Waals surface area (Å²) in [5, 5.41) is 3.50. The van der Waals surface area contributed by atoms with Crippen molar-refractivity contribution in [3.8, 4) is 0 Å². The van der Waals surface area contributed by atoms with E-state index in [1.165, 1.54) is 25.8 Å². The highest BCUT2D eigenvalue weighted by molar-refractivity contribution is 4.80. The van der Waals surface area contributed by atoms with E-state index in [2.05, 4.69) is 26.1 Å². The molecule has 1 aliphatic rings. The molecule has 1 heteroatoms. The van der Waals surface area contributed by atoms with E-state index in [0.717, 1.165) is 17.9 Å². The molecular formula is C12H27N. The molecule has 0 amide bonds. The fraction of sp³-hybridized carbons (Fsp3) is 1.00. The Morgan fingerprint density at radius 3 is 2.38 bits per heavy atom. The zero-order valence-electron chi connectivity index (χ0n) is 10.1. The fourth-order valence-corrected chi connectivity index (χ4v) is 1.92. The van der Waals surface area contributed by atoms with Gasteiger partial charge in [-0.25, -0.2) is 0 Å². The Kier molecular flexibility index (Phi) is 7.35. The molecule has 0 aromatic heterocycles. The summed E-state index contributed by atoms with van der Waals surface area (Å²) in [5.74, 6) is 1.87. The van der Waals surface area contributed by atoms with Crippen LogP contribution in [0.15, 0.2) is 0 Å². The number of hydrogen-bond acceptors (Lipinski definition) is 1. The molecule has 13 heavy (non-hydrogen) atoms. The molecule has 0 aromatic rings. The molecule has 3 atom stereocenters. The molecule has 0 aromatic carbocycles. The van der Waals surface area contributed by atoms with E-state index in [9.17, 15) is 0 Å². The molecular weight excluding hydrogens is 158 g/mol. The van der Waals surface area contributed by atoms with E-state index in [1.54, 1.807) is 0 Å². The molecule has 1 rings (SSSR count). The Hall–Kier alpha value is -0.0400. The van der Waals surface area contributed by atoms with Gasteiger partial charge >= 0.3 is 0 Å². The molecule has 0 aliphatic carbocycles. The van der Waals surface area contributed by atoms with Crippen molar-refractivity contribution in [2.45, 2.75) is 59.9 Å². The largest absolute Gasteiger partial charge is 0.314 e.